The van der Waals surface area contributed by atoms with Crippen molar-refractivity contribution >= 4 is 35.6 Å². The van der Waals surface area contributed by atoms with Gasteiger partial charge in [-0.15, -0.1) is 0 Å². The van der Waals surface area contributed by atoms with Crippen LogP contribution in [0.15, 0.2) is 32.5 Å². The summed E-state index contributed by atoms with van der Waals surface area (Å²) in [6, 6.07) is 3.91. The van der Waals surface area contributed by atoms with E-state index in [1.165, 1.54) is 12.1 Å². The van der Waals surface area contributed by atoms with Gasteiger partial charge in [0, 0.05) is 17.0 Å². The molecule has 0 atom stereocenters. The first-order valence-electron chi connectivity index (χ1n) is 3.82. The van der Waals surface area contributed by atoms with Crippen molar-refractivity contribution in [2.75, 3.05) is 12.5 Å². The van der Waals surface area contributed by atoms with Gasteiger partial charge in [0.1, 0.15) is 0 Å². The standard InChI is InChI=1S/C8H9BrO4S2/c1-14(10,11)6-3-4-7(9)8(5-6)15(2,12)13/h3-5H,1-2H3. The van der Waals surface area contributed by atoms with Crippen molar-refractivity contribution < 1.29 is 16.8 Å². The Labute approximate surface area is 97.3 Å². The predicted octanol–water partition coefficient (Wildman–Crippen LogP) is 1.26. The van der Waals surface area contributed by atoms with E-state index in [1.807, 2.05) is 0 Å². The Morgan fingerprint density at radius 1 is 1.00 bits per heavy atom. The van der Waals surface area contributed by atoms with Gasteiger partial charge < -0.3 is 0 Å². The zero-order valence-corrected chi connectivity index (χ0v) is 11.3. The minimum Gasteiger partial charge on any atom is -0.224 e. The monoisotopic (exact) mass is 312 g/mol. The van der Waals surface area contributed by atoms with Crippen LogP contribution in [0.4, 0.5) is 0 Å². The van der Waals surface area contributed by atoms with Crippen molar-refractivity contribution in [2.45, 2.75) is 9.79 Å². The van der Waals surface area contributed by atoms with Gasteiger partial charge in [-0.2, -0.15) is 0 Å². The van der Waals surface area contributed by atoms with Gasteiger partial charge in [-0.1, -0.05) is 0 Å². The largest absolute Gasteiger partial charge is 0.224 e. The van der Waals surface area contributed by atoms with Crippen LogP contribution in [0.1, 0.15) is 0 Å². The fourth-order valence-electron chi connectivity index (χ4n) is 0.998. The fourth-order valence-corrected chi connectivity index (χ4v) is 3.61. The summed E-state index contributed by atoms with van der Waals surface area (Å²) in [5.41, 5.74) is 0. The second-order valence-corrected chi connectivity index (χ2v) is 7.99. The number of halogens is 1. The molecule has 1 aromatic carbocycles. The topological polar surface area (TPSA) is 68.3 Å². The minimum atomic E-state index is -3.43. The molecule has 0 aliphatic rings. The molecule has 0 heterocycles. The molecule has 7 heteroatoms. The molecule has 15 heavy (non-hydrogen) atoms. The molecule has 0 saturated carbocycles. The minimum absolute atomic E-state index is 0.00822. The van der Waals surface area contributed by atoms with E-state index in [9.17, 15) is 16.8 Å². The molecule has 0 amide bonds. The van der Waals surface area contributed by atoms with Crippen LogP contribution in [-0.4, -0.2) is 29.3 Å². The molecule has 0 fully saturated rings. The number of benzene rings is 1. The van der Waals surface area contributed by atoms with E-state index >= 15 is 0 Å². The maximum Gasteiger partial charge on any atom is 0.176 e. The lowest BCUT2D eigenvalue weighted by atomic mass is 10.4. The normalized spacial score (nSPS) is 12.7. The van der Waals surface area contributed by atoms with Crippen molar-refractivity contribution in [2.24, 2.45) is 0 Å². The van der Waals surface area contributed by atoms with Crippen LogP contribution in [0, 0.1) is 0 Å². The van der Waals surface area contributed by atoms with Gasteiger partial charge in [-0.3, -0.25) is 0 Å². The van der Waals surface area contributed by atoms with Crippen LogP contribution in [0.2, 0.25) is 0 Å². The molecular weight excluding hydrogens is 304 g/mol. The Hall–Kier alpha value is -0.400. The zero-order chi connectivity index (χ0) is 11.9. The van der Waals surface area contributed by atoms with Gasteiger partial charge in [0.05, 0.1) is 9.79 Å². The van der Waals surface area contributed by atoms with Gasteiger partial charge in [-0.25, -0.2) is 16.8 Å². The smallest absolute Gasteiger partial charge is 0.176 e. The van der Waals surface area contributed by atoms with Crippen molar-refractivity contribution in [1.29, 1.82) is 0 Å². The average molecular weight is 313 g/mol. The van der Waals surface area contributed by atoms with E-state index in [2.05, 4.69) is 15.9 Å². The highest BCUT2D eigenvalue weighted by Crippen LogP contribution is 2.24. The Bertz CT molecular complexity index is 587. The third-order valence-electron chi connectivity index (χ3n) is 1.73. The number of rotatable bonds is 2. The van der Waals surface area contributed by atoms with Crippen molar-refractivity contribution in [3.05, 3.63) is 22.7 Å². The summed E-state index contributed by atoms with van der Waals surface area (Å²) in [7, 11) is -6.82. The highest BCUT2D eigenvalue weighted by atomic mass is 79.9. The molecule has 0 saturated heterocycles. The van der Waals surface area contributed by atoms with Crippen LogP contribution in [0.25, 0.3) is 0 Å². The predicted molar refractivity (Wildman–Crippen MR) is 60.4 cm³/mol. The fraction of sp³-hybridized carbons (Fsp3) is 0.250. The quantitative estimate of drug-likeness (QED) is 0.824. The van der Waals surface area contributed by atoms with E-state index in [0.717, 1.165) is 18.6 Å². The number of sulfone groups is 2. The molecule has 84 valence electrons. The van der Waals surface area contributed by atoms with E-state index < -0.39 is 19.7 Å². The Morgan fingerprint density at radius 3 is 1.93 bits per heavy atom. The Morgan fingerprint density at radius 2 is 1.53 bits per heavy atom. The molecule has 0 aromatic heterocycles. The van der Waals surface area contributed by atoms with Crippen LogP contribution in [-0.2, 0) is 19.7 Å². The molecule has 0 unspecified atom stereocenters. The van der Waals surface area contributed by atoms with Crippen LogP contribution < -0.4 is 0 Å². The van der Waals surface area contributed by atoms with Crippen LogP contribution in [0.5, 0.6) is 0 Å². The molecule has 1 rings (SSSR count). The average Bonchev–Trinajstić information content (AvgIpc) is 2.00. The highest BCUT2D eigenvalue weighted by molar-refractivity contribution is 9.10. The lowest BCUT2D eigenvalue weighted by Crippen LogP contribution is -2.02. The second-order valence-electron chi connectivity index (χ2n) is 3.14. The first kappa shape index (κ1) is 12.7. The lowest BCUT2D eigenvalue weighted by molar-refractivity contribution is 0.599. The maximum atomic E-state index is 11.3. The summed E-state index contributed by atoms with van der Waals surface area (Å²) in [6.07, 6.45) is 2.06. The second kappa shape index (κ2) is 3.88. The summed E-state index contributed by atoms with van der Waals surface area (Å²) in [6.45, 7) is 0. The Kier molecular flexibility index (Phi) is 3.27. The lowest BCUT2D eigenvalue weighted by Gasteiger charge is -2.04. The van der Waals surface area contributed by atoms with Crippen molar-refractivity contribution in [3.8, 4) is 0 Å². The zero-order valence-electron chi connectivity index (χ0n) is 8.06. The van der Waals surface area contributed by atoms with Crippen LogP contribution in [0.3, 0.4) is 0 Å². The van der Waals surface area contributed by atoms with E-state index in [1.54, 1.807) is 0 Å². The van der Waals surface area contributed by atoms with Crippen molar-refractivity contribution in [1.82, 2.24) is 0 Å². The summed E-state index contributed by atoms with van der Waals surface area (Å²) < 4.78 is 45.4. The van der Waals surface area contributed by atoms with E-state index in [0.29, 0.717) is 4.47 Å². The summed E-state index contributed by atoms with van der Waals surface area (Å²) in [4.78, 5) is -0.0310. The molecule has 0 bridgehead atoms. The molecular formula is C8H9BrO4S2. The van der Waals surface area contributed by atoms with E-state index in [-0.39, 0.29) is 9.79 Å². The molecule has 0 aliphatic heterocycles. The van der Waals surface area contributed by atoms with Crippen molar-refractivity contribution in [3.63, 3.8) is 0 Å². The third kappa shape index (κ3) is 3.02. The third-order valence-corrected chi connectivity index (χ3v) is 4.93. The maximum absolute atomic E-state index is 11.3. The highest BCUT2D eigenvalue weighted by Gasteiger charge is 2.16. The molecule has 4 nitrogen and oxygen atoms in total. The van der Waals surface area contributed by atoms with Gasteiger partial charge in [0.25, 0.3) is 0 Å². The summed E-state index contributed by atoms with van der Waals surface area (Å²) in [5.74, 6) is 0. The van der Waals surface area contributed by atoms with E-state index in [4.69, 9.17) is 0 Å². The first-order valence-corrected chi connectivity index (χ1v) is 8.39. The van der Waals surface area contributed by atoms with Gasteiger partial charge in [0.2, 0.25) is 0 Å². The van der Waals surface area contributed by atoms with Gasteiger partial charge in [0.15, 0.2) is 19.7 Å². The number of hydrogen-bond acceptors (Lipinski definition) is 4. The first-order chi connectivity index (χ1) is 6.62. The van der Waals surface area contributed by atoms with Gasteiger partial charge in [-0.05, 0) is 34.1 Å². The molecule has 1 aromatic rings. The number of hydrogen-bond donors (Lipinski definition) is 0. The SMILES string of the molecule is CS(=O)(=O)c1ccc(Br)c(S(C)(=O)=O)c1. The molecule has 0 radical (unpaired) electrons. The summed E-state index contributed by atoms with van der Waals surface area (Å²) in [5, 5.41) is 0. The molecule has 0 aliphatic carbocycles. The molecule has 0 N–H and O–H groups in total. The molecule has 0 spiro atoms. The Balaban J connectivity index is 3.57. The van der Waals surface area contributed by atoms with Gasteiger partial charge >= 0.3 is 0 Å². The summed E-state index contributed by atoms with van der Waals surface area (Å²) >= 11 is 3.06. The van der Waals surface area contributed by atoms with Crippen LogP contribution >= 0.6 is 15.9 Å².